The summed E-state index contributed by atoms with van der Waals surface area (Å²) in [6.07, 6.45) is 0.353. The standard InChI is InChI=1S/C11H6Cl2N2O3/c12-7-3-1-2-4-8(7)15-10(13)6(5-16)9(14-15)11(17)18/h1-5H,(H,17,18). The predicted molar refractivity (Wildman–Crippen MR) is 65.9 cm³/mol. The highest BCUT2D eigenvalue weighted by atomic mass is 35.5. The van der Waals surface area contributed by atoms with Gasteiger partial charge in [0.25, 0.3) is 0 Å². The van der Waals surface area contributed by atoms with Gasteiger partial charge >= 0.3 is 5.97 Å². The molecule has 5 nitrogen and oxygen atoms in total. The number of carbonyl (C=O) groups excluding carboxylic acids is 1. The van der Waals surface area contributed by atoms with Gasteiger partial charge in [-0.25, -0.2) is 9.48 Å². The average Bonchev–Trinajstić information content (AvgIpc) is 2.67. The molecule has 0 saturated carbocycles. The minimum absolute atomic E-state index is 0.0875. The fourth-order valence-electron chi connectivity index (χ4n) is 1.46. The third kappa shape index (κ3) is 1.98. The molecule has 1 N–H and O–H groups in total. The number of para-hydroxylation sites is 1. The number of hydrogen-bond acceptors (Lipinski definition) is 3. The minimum Gasteiger partial charge on any atom is -0.476 e. The van der Waals surface area contributed by atoms with E-state index in [-0.39, 0.29) is 10.7 Å². The van der Waals surface area contributed by atoms with E-state index in [1.165, 1.54) is 0 Å². The van der Waals surface area contributed by atoms with Crippen LogP contribution >= 0.6 is 23.2 Å². The highest BCUT2D eigenvalue weighted by Gasteiger charge is 2.22. The van der Waals surface area contributed by atoms with Crippen molar-refractivity contribution >= 4 is 35.5 Å². The van der Waals surface area contributed by atoms with Gasteiger partial charge in [-0.15, -0.1) is 0 Å². The summed E-state index contributed by atoms with van der Waals surface area (Å²) >= 11 is 11.9. The van der Waals surface area contributed by atoms with Crippen LogP contribution < -0.4 is 0 Å². The largest absolute Gasteiger partial charge is 0.476 e. The van der Waals surface area contributed by atoms with Gasteiger partial charge in [-0.05, 0) is 12.1 Å². The van der Waals surface area contributed by atoms with E-state index in [1.807, 2.05) is 0 Å². The van der Waals surface area contributed by atoms with E-state index in [0.717, 1.165) is 4.68 Å². The molecule has 2 rings (SSSR count). The van der Waals surface area contributed by atoms with Crippen molar-refractivity contribution in [2.24, 2.45) is 0 Å². The molecule has 0 fully saturated rings. The Morgan fingerprint density at radius 1 is 1.33 bits per heavy atom. The number of halogens is 2. The first kappa shape index (κ1) is 12.6. The number of nitrogens with zero attached hydrogens (tertiary/aromatic N) is 2. The maximum atomic E-state index is 10.9. The number of aldehydes is 1. The molecule has 1 heterocycles. The highest BCUT2D eigenvalue weighted by molar-refractivity contribution is 6.34. The molecule has 1 aromatic carbocycles. The second kappa shape index (κ2) is 4.80. The number of benzene rings is 1. The van der Waals surface area contributed by atoms with Gasteiger partial charge < -0.3 is 5.11 Å². The van der Waals surface area contributed by atoms with Crippen molar-refractivity contribution < 1.29 is 14.7 Å². The summed E-state index contributed by atoms with van der Waals surface area (Å²) in [5.41, 5.74) is -0.182. The van der Waals surface area contributed by atoms with E-state index in [2.05, 4.69) is 5.10 Å². The Kier molecular flexibility index (Phi) is 3.36. The van der Waals surface area contributed by atoms with E-state index < -0.39 is 11.7 Å². The van der Waals surface area contributed by atoms with E-state index in [0.29, 0.717) is 17.0 Å². The van der Waals surface area contributed by atoms with Crippen LogP contribution in [0.1, 0.15) is 20.8 Å². The molecule has 0 aliphatic carbocycles. The van der Waals surface area contributed by atoms with Gasteiger partial charge in [-0.2, -0.15) is 5.10 Å². The van der Waals surface area contributed by atoms with Crippen LogP contribution in [-0.4, -0.2) is 27.1 Å². The molecule has 0 unspecified atom stereocenters. The summed E-state index contributed by atoms with van der Waals surface area (Å²) in [4.78, 5) is 21.8. The number of aromatic nitrogens is 2. The van der Waals surface area contributed by atoms with Gasteiger partial charge in [0.05, 0.1) is 16.3 Å². The summed E-state index contributed by atoms with van der Waals surface area (Å²) in [5, 5.41) is 13.0. The van der Waals surface area contributed by atoms with Crippen molar-refractivity contribution in [3.63, 3.8) is 0 Å². The Labute approximate surface area is 112 Å². The predicted octanol–water partition coefficient (Wildman–Crippen LogP) is 2.69. The minimum atomic E-state index is -1.33. The van der Waals surface area contributed by atoms with Crippen molar-refractivity contribution in [3.05, 3.63) is 45.7 Å². The van der Waals surface area contributed by atoms with Crippen molar-refractivity contribution in [3.8, 4) is 5.69 Å². The second-order valence-corrected chi connectivity index (χ2v) is 4.10. The van der Waals surface area contributed by atoms with E-state index in [4.69, 9.17) is 28.3 Å². The molecule has 0 bridgehead atoms. The summed E-state index contributed by atoms with van der Waals surface area (Å²) in [7, 11) is 0. The molecular weight excluding hydrogens is 279 g/mol. The van der Waals surface area contributed by atoms with Crippen molar-refractivity contribution in [1.29, 1.82) is 0 Å². The van der Waals surface area contributed by atoms with Crippen LogP contribution in [0.4, 0.5) is 0 Å². The first-order valence-corrected chi connectivity index (χ1v) is 5.53. The van der Waals surface area contributed by atoms with Crippen molar-refractivity contribution in [2.45, 2.75) is 0 Å². The highest BCUT2D eigenvalue weighted by Crippen LogP contribution is 2.26. The molecule has 2 aromatic rings. The molecule has 0 aliphatic heterocycles. The van der Waals surface area contributed by atoms with Gasteiger partial charge in [0.2, 0.25) is 0 Å². The van der Waals surface area contributed by atoms with Crippen LogP contribution in [-0.2, 0) is 0 Å². The third-order valence-electron chi connectivity index (χ3n) is 2.26. The smallest absolute Gasteiger partial charge is 0.357 e. The Morgan fingerprint density at radius 2 is 2.00 bits per heavy atom. The van der Waals surface area contributed by atoms with Crippen molar-refractivity contribution in [2.75, 3.05) is 0 Å². The summed E-state index contributed by atoms with van der Waals surface area (Å²) in [6, 6.07) is 6.62. The molecule has 0 spiro atoms. The maximum Gasteiger partial charge on any atom is 0.357 e. The first-order chi connectivity index (χ1) is 8.56. The number of carboxylic acid groups (broad SMARTS) is 1. The van der Waals surface area contributed by atoms with Gasteiger partial charge in [-0.1, -0.05) is 35.3 Å². The summed E-state index contributed by atoms with van der Waals surface area (Å²) in [6.45, 7) is 0. The fraction of sp³-hybridized carbons (Fsp3) is 0. The Balaban J connectivity index is 2.70. The van der Waals surface area contributed by atoms with E-state index in [1.54, 1.807) is 24.3 Å². The molecule has 0 radical (unpaired) electrons. The van der Waals surface area contributed by atoms with Crippen LogP contribution in [0.3, 0.4) is 0 Å². The maximum absolute atomic E-state index is 10.9. The van der Waals surface area contributed by atoms with Crippen LogP contribution in [0.5, 0.6) is 0 Å². The quantitative estimate of drug-likeness (QED) is 0.880. The normalized spacial score (nSPS) is 10.3. The van der Waals surface area contributed by atoms with Crippen LogP contribution in [0.25, 0.3) is 5.69 Å². The molecule has 18 heavy (non-hydrogen) atoms. The zero-order valence-corrected chi connectivity index (χ0v) is 10.3. The number of rotatable bonds is 3. The lowest BCUT2D eigenvalue weighted by Crippen LogP contribution is -2.02. The SMILES string of the molecule is O=Cc1c(C(=O)O)nn(-c2ccccc2Cl)c1Cl. The zero-order valence-electron chi connectivity index (χ0n) is 8.80. The van der Waals surface area contributed by atoms with Gasteiger partial charge in [0.15, 0.2) is 12.0 Å². The fourth-order valence-corrected chi connectivity index (χ4v) is 1.93. The molecule has 0 saturated heterocycles. The van der Waals surface area contributed by atoms with Gasteiger partial charge in [0, 0.05) is 0 Å². The Hall–Kier alpha value is -1.85. The van der Waals surface area contributed by atoms with Crippen LogP contribution in [0, 0.1) is 0 Å². The lowest BCUT2D eigenvalue weighted by Gasteiger charge is -2.04. The van der Waals surface area contributed by atoms with Crippen LogP contribution in [0.15, 0.2) is 24.3 Å². The van der Waals surface area contributed by atoms with Gasteiger partial charge in [0.1, 0.15) is 5.15 Å². The molecule has 0 atom stereocenters. The molecule has 92 valence electrons. The lowest BCUT2D eigenvalue weighted by atomic mass is 10.3. The van der Waals surface area contributed by atoms with Gasteiger partial charge in [-0.3, -0.25) is 4.79 Å². The molecule has 1 aromatic heterocycles. The topological polar surface area (TPSA) is 72.2 Å². The zero-order chi connectivity index (χ0) is 13.3. The number of hydrogen-bond donors (Lipinski definition) is 1. The molecule has 0 amide bonds. The number of carboxylic acids is 1. The summed E-state index contributed by atoms with van der Waals surface area (Å²) < 4.78 is 1.12. The molecule has 7 heteroatoms. The Morgan fingerprint density at radius 3 is 2.50 bits per heavy atom. The molecular formula is C11H6Cl2N2O3. The Bertz CT molecular complexity index is 637. The molecule has 0 aliphatic rings. The number of carbonyl (C=O) groups is 2. The third-order valence-corrected chi connectivity index (χ3v) is 2.95. The average molecular weight is 285 g/mol. The van der Waals surface area contributed by atoms with Crippen LogP contribution in [0.2, 0.25) is 10.2 Å². The monoisotopic (exact) mass is 284 g/mol. The number of aromatic carboxylic acids is 1. The summed E-state index contributed by atoms with van der Waals surface area (Å²) in [5.74, 6) is -1.33. The lowest BCUT2D eigenvalue weighted by molar-refractivity contribution is 0.0687. The van der Waals surface area contributed by atoms with E-state index in [9.17, 15) is 9.59 Å². The van der Waals surface area contributed by atoms with Crippen molar-refractivity contribution in [1.82, 2.24) is 9.78 Å². The van der Waals surface area contributed by atoms with E-state index >= 15 is 0 Å². The first-order valence-electron chi connectivity index (χ1n) is 4.78. The second-order valence-electron chi connectivity index (χ2n) is 3.34.